The summed E-state index contributed by atoms with van der Waals surface area (Å²) in [6, 6.07) is 3.93. The summed E-state index contributed by atoms with van der Waals surface area (Å²) in [5.41, 5.74) is 2.90. The van der Waals surface area contributed by atoms with Crippen molar-refractivity contribution in [2.45, 2.75) is 59.5 Å². The second-order valence-electron chi connectivity index (χ2n) is 11.4. The van der Waals surface area contributed by atoms with E-state index in [0.29, 0.717) is 16.7 Å². The van der Waals surface area contributed by atoms with E-state index in [4.69, 9.17) is 21.1 Å². The van der Waals surface area contributed by atoms with Gasteiger partial charge < -0.3 is 19.4 Å². The standard InChI is InChI=1S/C27H38ClN3O3/c1-17-22(24(32)29-25-26(2,3)18-6-7-27(25,4)16-18)20-14-19(28)15-21(33-5)23(20)31(17)9-8-30-10-12-34-13-11-30/h14-15,18,25H,6-13,16H2,1-5H3,(H,29,32)/t18?,25-,27+/m1/s1. The molecule has 3 atom stereocenters. The number of hydrogen-bond acceptors (Lipinski definition) is 4. The number of fused-ring (bicyclic) bond motifs is 3. The fourth-order valence-electron chi connectivity index (χ4n) is 7.19. The van der Waals surface area contributed by atoms with Crippen LogP contribution in [0.5, 0.6) is 5.75 Å². The minimum absolute atomic E-state index is 0.00351. The molecule has 2 bridgehead atoms. The van der Waals surface area contributed by atoms with Crippen LogP contribution in [0.25, 0.3) is 10.9 Å². The summed E-state index contributed by atoms with van der Waals surface area (Å²) in [6.45, 7) is 14.1. The quantitative estimate of drug-likeness (QED) is 0.630. The van der Waals surface area contributed by atoms with Crippen LogP contribution in [0.3, 0.4) is 0 Å². The number of nitrogens with zero attached hydrogens (tertiary/aromatic N) is 2. The summed E-state index contributed by atoms with van der Waals surface area (Å²) in [6.07, 6.45) is 3.65. The van der Waals surface area contributed by atoms with Gasteiger partial charge in [-0.1, -0.05) is 32.4 Å². The van der Waals surface area contributed by atoms with Gasteiger partial charge in [0.1, 0.15) is 5.75 Å². The van der Waals surface area contributed by atoms with E-state index in [1.54, 1.807) is 7.11 Å². The largest absolute Gasteiger partial charge is 0.494 e. The summed E-state index contributed by atoms with van der Waals surface area (Å²) in [7, 11) is 1.66. The first kappa shape index (κ1) is 24.0. The fourth-order valence-corrected chi connectivity index (χ4v) is 7.40. The number of amides is 1. The van der Waals surface area contributed by atoms with Crippen molar-refractivity contribution in [2.24, 2.45) is 16.7 Å². The number of carbonyl (C=O) groups is 1. The zero-order chi connectivity index (χ0) is 24.3. The molecule has 1 N–H and O–H groups in total. The number of methoxy groups -OCH3 is 1. The molecule has 186 valence electrons. The van der Waals surface area contributed by atoms with Gasteiger partial charge >= 0.3 is 0 Å². The Bertz CT molecular complexity index is 1100. The molecule has 2 aromatic rings. The lowest BCUT2D eigenvalue weighted by atomic mass is 9.68. The number of ether oxygens (including phenoxy) is 2. The van der Waals surface area contributed by atoms with Crippen molar-refractivity contribution < 1.29 is 14.3 Å². The van der Waals surface area contributed by atoms with E-state index in [1.807, 2.05) is 12.1 Å². The smallest absolute Gasteiger partial charge is 0.253 e. The molecule has 1 aromatic heterocycles. The lowest BCUT2D eigenvalue weighted by Gasteiger charge is -2.43. The fraction of sp³-hybridized carbons (Fsp3) is 0.667. The Morgan fingerprint density at radius 3 is 2.62 bits per heavy atom. The SMILES string of the molecule is COc1cc(Cl)cc2c(C(=O)N[C@@H]3C(C)(C)C4CC[C@@]3(C)C4)c(C)n(CCN3CCOCC3)c12. The molecule has 5 rings (SSSR count). The highest BCUT2D eigenvalue weighted by atomic mass is 35.5. The Hall–Kier alpha value is -1.76. The molecule has 1 aromatic carbocycles. The van der Waals surface area contributed by atoms with Crippen LogP contribution in [0.1, 0.15) is 56.1 Å². The number of halogens is 1. The van der Waals surface area contributed by atoms with E-state index in [-0.39, 0.29) is 22.8 Å². The van der Waals surface area contributed by atoms with Gasteiger partial charge in [-0.2, -0.15) is 0 Å². The Morgan fingerprint density at radius 2 is 1.97 bits per heavy atom. The van der Waals surface area contributed by atoms with E-state index in [9.17, 15) is 4.79 Å². The number of carbonyl (C=O) groups excluding carboxylic acids is 1. The van der Waals surface area contributed by atoms with Crippen LogP contribution in [-0.2, 0) is 11.3 Å². The molecule has 2 aliphatic carbocycles. The minimum atomic E-state index is 0.00351. The third-order valence-corrected chi connectivity index (χ3v) is 9.30. The molecule has 3 aliphatic rings. The Balaban J connectivity index is 1.52. The molecule has 0 spiro atoms. The number of rotatable bonds is 6. The molecule has 2 heterocycles. The molecule has 34 heavy (non-hydrogen) atoms. The van der Waals surface area contributed by atoms with Crippen molar-refractivity contribution in [3.05, 3.63) is 28.4 Å². The van der Waals surface area contributed by atoms with Crippen molar-refractivity contribution >= 4 is 28.4 Å². The third kappa shape index (κ3) is 3.82. The Labute approximate surface area is 207 Å². The van der Waals surface area contributed by atoms with Crippen molar-refractivity contribution in [3.8, 4) is 5.75 Å². The summed E-state index contributed by atoms with van der Waals surface area (Å²) >= 11 is 6.49. The van der Waals surface area contributed by atoms with E-state index in [0.717, 1.165) is 61.6 Å². The van der Waals surface area contributed by atoms with Crippen LogP contribution < -0.4 is 10.1 Å². The maximum atomic E-state index is 13.9. The first-order valence-electron chi connectivity index (χ1n) is 12.6. The highest BCUT2D eigenvalue weighted by Gasteiger charge is 2.59. The first-order chi connectivity index (χ1) is 16.2. The summed E-state index contributed by atoms with van der Waals surface area (Å²) in [5.74, 6) is 1.39. The van der Waals surface area contributed by atoms with Gasteiger partial charge in [-0.3, -0.25) is 9.69 Å². The topological polar surface area (TPSA) is 55.7 Å². The summed E-state index contributed by atoms with van der Waals surface area (Å²) in [4.78, 5) is 16.3. The third-order valence-electron chi connectivity index (χ3n) is 9.08. The van der Waals surface area contributed by atoms with Gasteiger partial charge in [0.15, 0.2) is 0 Å². The molecular formula is C27H38ClN3O3. The number of nitrogens with one attached hydrogen (secondary N) is 1. The van der Waals surface area contributed by atoms with Crippen LogP contribution >= 0.6 is 11.6 Å². The molecule has 1 unspecified atom stereocenters. The van der Waals surface area contributed by atoms with Crippen molar-refractivity contribution in [2.75, 3.05) is 40.0 Å². The molecule has 1 saturated heterocycles. The van der Waals surface area contributed by atoms with Crippen molar-refractivity contribution in [1.82, 2.24) is 14.8 Å². The van der Waals surface area contributed by atoms with Gasteiger partial charge in [0.25, 0.3) is 5.91 Å². The average Bonchev–Trinajstić information content (AvgIpc) is 3.39. The maximum absolute atomic E-state index is 13.9. The van der Waals surface area contributed by atoms with Gasteiger partial charge in [0, 0.05) is 54.4 Å². The Morgan fingerprint density at radius 1 is 1.24 bits per heavy atom. The number of aromatic nitrogens is 1. The number of morpholine rings is 1. The van der Waals surface area contributed by atoms with Crippen LogP contribution in [0.15, 0.2) is 12.1 Å². The lowest BCUT2D eigenvalue weighted by molar-refractivity contribution is 0.0365. The Kier molecular flexibility index (Phi) is 6.14. The zero-order valence-electron chi connectivity index (χ0n) is 21.2. The summed E-state index contributed by atoms with van der Waals surface area (Å²) < 4.78 is 13.5. The molecular weight excluding hydrogens is 450 g/mol. The van der Waals surface area contributed by atoms with Gasteiger partial charge in [-0.15, -0.1) is 0 Å². The van der Waals surface area contributed by atoms with E-state index in [1.165, 1.54) is 19.3 Å². The molecule has 1 amide bonds. The highest BCUT2D eigenvalue weighted by molar-refractivity contribution is 6.32. The normalized spacial score (nSPS) is 28.5. The van der Waals surface area contributed by atoms with Crippen LogP contribution in [0.4, 0.5) is 0 Å². The molecule has 7 heteroatoms. The molecule has 6 nitrogen and oxygen atoms in total. The van der Waals surface area contributed by atoms with Gasteiger partial charge in [0.2, 0.25) is 0 Å². The number of benzene rings is 1. The molecule has 1 aliphatic heterocycles. The molecule has 0 radical (unpaired) electrons. The van der Waals surface area contributed by atoms with Crippen LogP contribution in [0.2, 0.25) is 5.02 Å². The summed E-state index contributed by atoms with van der Waals surface area (Å²) in [5, 5.41) is 4.95. The molecule has 2 saturated carbocycles. The predicted octanol–water partition coefficient (Wildman–Crippen LogP) is 4.89. The van der Waals surface area contributed by atoms with Crippen LogP contribution in [0, 0.1) is 23.7 Å². The second kappa shape index (κ2) is 8.72. The van der Waals surface area contributed by atoms with Crippen molar-refractivity contribution in [3.63, 3.8) is 0 Å². The zero-order valence-corrected chi connectivity index (χ0v) is 21.9. The predicted molar refractivity (Wildman–Crippen MR) is 136 cm³/mol. The van der Waals surface area contributed by atoms with E-state index >= 15 is 0 Å². The average molecular weight is 488 g/mol. The van der Waals surface area contributed by atoms with Gasteiger partial charge in [-0.05, 0) is 49.0 Å². The van der Waals surface area contributed by atoms with Crippen molar-refractivity contribution in [1.29, 1.82) is 0 Å². The second-order valence-corrected chi connectivity index (χ2v) is 11.8. The van der Waals surface area contributed by atoms with E-state index < -0.39 is 0 Å². The molecule has 3 fully saturated rings. The van der Waals surface area contributed by atoms with Gasteiger partial charge in [-0.25, -0.2) is 0 Å². The minimum Gasteiger partial charge on any atom is -0.494 e. The monoisotopic (exact) mass is 487 g/mol. The maximum Gasteiger partial charge on any atom is 0.253 e. The van der Waals surface area contributed by atoms with E-state index in [2.05, 4.69) is 42.5 Å². The first-order valence-corrected chi connectivity index (χ1v) is 13.0. The highest BCUT2D eigenvalue weighted by Crippen LogP contribution is 2.62. The van der Waals surface area contributed by atoms with Crippen LogP contribution in [-0.4, -0.2) is 61.4 Å². The lowest BCUT2D eigenvalue weighted by Crippen LogP contribution is -2.52. The van der Waals surface area contributed by atoms with Gasteiger partial charge in [0.05, 0.1) is 31.4 Å². The number of hydrogen-bond donors (Lipinski definition) is 1.